The largest absolute Gasteiger partial charge is 0.486 e. The molecule has 1 fully saturated rings. The van der Waals surface area contributed by atoms with E-state index >= 15 is 0 Å². The van der Waals surface area contributed by atoms with Crippen molar-refractivity contribution in [2.75, 3.05) is 32.9 Å². The van der Waals surface area contributed by atoms with Crippen LogP contribution < -0.4 is 9.47 Å². The van der Waals surface area contributed by atoms with E-state index < -0.39 is 0 Å². The van der Waals surface area contributed by atoms with Crippen LogP contribution in [0, 0.1) is 5.92 Å². The minimum Gasteiger partial charge on any atom is -0.486 e. The van der Waals surface area contributed by atoms with Crippen molar-refractivity contribution in [1.29, 1.82) is 0 Å². The van der Waals surface area contributed by atoms with Crippen LogP contribution in [-0.4, -0.2) is 42.9 Å². The highest BCUT2D eigenvalue weighted by Crippen LogP contribution is 2.36. The zero-order valence-electron chi connectivity index (χ0n) is 11.5. The second-order valence-corrected chi connectivity index (χ2v) is 6.34. The zero-order valence-corrected chi connectivity index (χ0v) is 13.1. The highest BCUT2D eigenvalue weighted by Gasteiger charge is 2.23. The molecule has 1 aromatic carbocycles. The number of hydrogen-bond donors (Lipinski definition) is 1. The van der Waals surface area contributed by atoms with Crippen molar-refractivity contribution in [2.24, 2.45) is 5.92 Å². The maximum Gasteiger partial charge on any atom is 0.162 e. The van der Waals surface area contributed by atoms with Gasteiger partial charge < -0.3 is 14.6 Å². The van der Waals surface area contributed by atoms with Crippen LogP contribution in [0.4, 0.5) is 0 Å². The van der Waals surface area contributed by atoms with Crippen molar-refractivity contribution in [3.05, 3.63) is 22.2 Å². The molecule has 4 nitrogen and oxygen atoms in total. The Morgan fingerprint density at radius 2 is 2.00 bits per heavy atom. The van der Waals surface area contributed by atoms with Crippen LogP contribution in [0.2, 0.25) is 0 Å². The first-order valence-corrected chi connectivity index (χ1v) is 7.97. The molecule has 3 rings (SSSR count). The zero-order chi connectivity index (χ0) is 13.9. The molecule has 0 bridgehead atoms. The van der Waals surface area contributed by atoms with Crippen molar-refractivity contribution in [1.82, 2.24) is 4.90 Å². The molecule has 0 saturated carbocycles. The quantitative estimate of drug-likeness (QED) is 0.913. The fourth-order valence-electron chi connectivity index (χ4n) is 2.94. The Morgan fingerprint density at radius 1 is 1.25 bits per heavy atom. The number of aliphatic hydroxyl groups is 1. The van der Waals surface area contributed by atoms with Gasteiger partial charge in [-0.05, 0) is 43.0 Å². The van der Waals surface area contributed by atoms with Crippen molar-refractivity contribution in [3.63, 3.8) is 0 Å². The maximum atomic E-state index is 9.02. The number of rotatable bonds is 4. The Balaban J connectivity index is 1.68. The molecule has 20 heavy (non-hydrogen) atoms. The lowest BCUT2D eigenvalue weighted by atomic mass is 10.1. The van der Waals surface area contributed by atoms with Gasteiger partial charge in [0.1, 0.15) is 13.2 Å². The molecular weight excluding hydrogens is 322 g/mol. The monoisotopic (exact) mass is 341 g/mol. The lowest BCUT2D eigenvalue weighted by molar-refractivity contribution is 0.171. The Bertz CT molecular complexity index is 480. The van der Waals surface area contributed by atoms with Gasteiger partial charge in [-0.3, -0.25) is 4.90 Å². The highest BCUT2D eigenvalue weighted by atomic mass is 79.9. The minimum atomic E-state index is 0.298. The molecule has 1 atom stereocenters. The molecule has 1 N–H and O–H groups in total. The van der Waals surface area contributed by atoms with Crippen molar-refractivity contribution >= 4 is 15.9 Å². The Morgan fingerprint density at radius 3 is 2.75 bits per heavy atom. The third kappa shape index (κ3) is 3.10. The van der Waals surface area contributed by atoms with E-state index in [1.807, 2.05) is 6.07 Å². The second-order valence-electron chi connectivity index (χ2n) is 5.49. The summed E-state index contributed by atoms with van der Waals surface area (Å²) in [5.74, 6) is 2.31. The number of aliphatic hydroxyl groups excluding tert-OH is 1. The highest BCUT2D eigenvalue weighted by molar-refractivity contribution is 9.10. The van der Waals surface area contributed by atoms with Crippen LogP contribution in [0.3, 0.4) is 0 Å². The van der Waals surface area contributed by atoms with Gasteiger partial charge in [0.15, 0.2) is 11.5 Å². The van der Waals surface area contributed by atoms with E-state index in [2.05, 4.69) is 26.9 Å². The van der Waals surface area contributed by atoms with Crippen LogP contribution in [0.25, 0.3) is 0 Å². The van der Waals surface area contributed by atoms with Crippen LogP contribution in [-0.2, 0) is 6.54 Å². The van der Waals surface area contributed by atoms with E-state index in [1.165, 1.54) is 12.0 Å². The van der Waals surface area contributed by atoms with Gasteiger partial charge in [0.2, 0.25) is 0 Å². The molecule has 2 aliphatic heterocycles. The Labute approximate surface area is 127 Å². The molecule has 5 heteroatoms. The molecular formula is C15H20BrNO3. The van der Waals surface area contributed by atoms with Gasteiger partial charge in [0, 0.05) is 24.2 Å². The number of likely N-dealkylation sites (tertiary alicyclic amines) is 1. The first-order chi connectivity index (χ1) is 9.76. The molecule has 110 valence electrons. The van der Waals surface area contributed by atoms with E-state index in [0.29, 0.717) is 25.7 Å². The van der Waals surface area contributed by atoms with Crippen molar-refractivity contribution < 1.29 is 14.6 Å². The van der Waals surface area contributed by atoms with Crippen LogP contribution in [0.1, 0.15) is 18.4 Å². The number of nitrogens with zero attached hydrogens (tertiary/aromatic N) is 1. The summed E-state index contributed by atoms with van der Waals surface area (Å²) < 4.78 is 12.3. The summed E-state index contributed by atoms with van der Waals surface area (Å²) in [7, 11) is 0. The molecule has 1 saturated heterocycles. The van der Waals surface area contributed by atoms with Gasteiger partial charge in [-0.15, -0.1) is 0 Å². The number of benzene rings is 1. The number of halogens is 1. The van der Waals surface area contributed by atoms with Gasteiger partial charge in [0.25, 0.3) is 0 Å². The molecule has 0 radical (unpaired) electrons. The SMILES string of the molecule is OCCC1CCN(Cc2cc3c(cc2Br)OCCO3)C1. The van der Waals surface area contributed by atoms with Crippen molar-refractivity contribution in [3.8, 4) is 11.5 Å². The third-order valence-electron chi connectivity index (χ3n) is 4.01. The molecule has 0 amide bonds. The molecule has 0 spiro atoms. The Hall–Kier alpha value is -0.780. The van der Waals surface area contributed by atoms with Crippen LogP contribution in [0.5, 0.6) is 11.5 Å². The summed E-state index contributed by atoms with van der Waals surface area (Å²) in [5.41, 5.74) is 1.24. The summed E-state index contributed by atoms with van der Waals surface area (Å²) in [6.45, 7) is 4.63. The summed E-state index contributed by atoms with van der Waals surface area (Å²) in [6.07, 6.45) is 2.10. The lowest BCUT2D eigenvalue weighted by Gasteiger charge is -2.22. The number of fused-ring (bicyclic) bond motifs is 1. The fourth-order valence-corrected chi connectivity index (χ4v) is 3.39. The van der Waals surface area contributed by atoms with Gasteiger partial charge in [-0.25, -0.2) is 0 Å². The van der Waals surface area contributed by atoms with E-state index in [4.69, 9.17) is 14.6 Å². The van der Waals surface area contributed by atoms with Gasteiger partial charge in [-0.2, -0.15) is 0 Å². The molecule has 2 aliphatic rings. The summed E-state index contributed by atoms with van der Waals surface area (Å²) in [4.78, 5) is 2.44. The van der Waals surface area contributed by atoms with Gasteiger partial charge >= 0.3 is 0 Å². The summed E-state index contributed by atoms with van der Waals surface area (Å²) in [5, 5.41) is 9.02. The second kappa shape index (κ2) is 6.33. The third-order valence-corrected chi connectivity index (χ3v) is 4.75. The van der Waals surface area contributed by atoms with Crippen LogP contribution in [0.15, 0.2) is 16.6 Å². The maximum absolute atomic E-state index is 9.02. The average Bonchev–Trinajstić information content (AvgIpc) is 2.87. The summed E-state index contributed by atoms with van der Waals surface area (Å²) >= 11 is 3.63. The number of hydrogen-bond acceptors (Lipinski definition) is 4. The molecule has 2 heterocycles. The Kier molecular flexibility index (Phi) is 4.48. The predicted molar refractivity (Wildman–Crippen MR) is 80.2 cm³/mol. The first kappa shape index (κ1) is 14.2. The van der Waals surface area contributed by atoms with E-state index in [1.54, 1.807) is 0 Å². The van der Waals surface area contributed by atoms with Crippen LogP contribution >= 0.6 is 15.9 Å². The molecule has 1 unspecified atom stereocenters. The minimum absolute atomic E-state index is 0.298. The van der Waals surface area contributed by atoms with Crippen molar-refractivity contribution in [2.45, 2.75) is 19.4 Å². The average molecular weight is 342 g/mol. The topological polar surface area (TPSA) is 41.9 Å². The van der Waals surface area contributed by atoms with E-state index in [-0.39, 0.29) is 0 Å². The summed E-state index contributed by atoms with van der Waals surface area (Å²) in [6, 6.07) is 4.09. The van der Waals surface area contributed by atoms with Gasteiger partial charge in [-0.1, -0.05) is 15.9 Å². The van der Waals surface area contributed by atoms with Gasteiger partial charge in [0.05, 0.1) is 0 Å². The smallest absolute Gasteiger partial charge is 0.162 e. The standard InChI is InChI=1S/C15H20BrNO3/c16-13-8-15-14(19-5-6-20-15)7-12(13)10-17-3-1-11(9-17)2-4-18/h7-8,11,18H,1-6,9-10H2. The predicted octanol–water partition coefficient (Wildman–Crippen LogP) is 2.42. The lowest BCUT2D eigenvalue weighted by Crippen LogP contribution is -2.21. The molecule has 0 aliphatic carbocycles. The van der Waals surface area contributed by atoms with E-state index in [0.717, 1.165) is 42.0 Å². The first-order valence-electron chi connectivity index (χ1n) is 7.17. The normalized spacial score (nSPS) is 22.2. The number of ether oxygens (including phenoxy) is 2. The molecule has 1 aromatic rings. The van der Waals surface area contributed by atoms with E-state index in [9.17, 15) is 0 Å². The molecule has 0 aromatic heterocycles. The fraction of sp³-hybridized carbons (Fsp3) is 0.600.